The Kier molecular flexibility index (Phi) is 4.23. The molecule has 1 aliphatic rings. The number of nitrogens with one attached hydrogen (secondary N) is 1. The van der Waals surface area contributed by atoms with Crippen LogP contribution in [0.3, 0.4) is 0 Å². The lowest BCUT2D eigenvalue weighted by Crippen LogP contribution is -2.33. The van der Waals surface area contributed by atoms with Crippen LogP contribution in [0.5, 0.6) is 0 Å². The van der Waals surface area contributed by atoms with Gasteiger partial charge in [0.25, 0.3) is 5.56 Å². The molecule has 2 aromatic rings. The zero-order valence-electron chi connectivity index (χ0n) is 11.5. The first-order valence-corrected chi connectivity index (χ1v) is 6.96. The van der Waals surface area contributed by atoms with Crippen LogP contribution in [-0.2, 0) is 14.5 Å². The molecule has 3 rings (SSSR count). The van der Waals surface area contributed by atoms with E-state index >= 15 is 0 Å². The average Bonchev–Trinajstić information content (AvgIpc) is 3.04. The summed E-state index contributed by atoms with van der Waals surface area (Å²) in [5.41, 5.74) is 6.05. The number of H-pyrrole nitrogens is 1. The smallest absolute Gasteiger partial charge is 0.280 e. The van der Waals surface area contributed by atoms with Crippen LogP contribution in [-0.4, -0.2) is 60.2 Å². The van der Waals surface area contributed by atoms with E-state index in [2.05, 4.69) is 32.1 Å². The highest BCUT2D eigenvalue weighted by Gasteiger charge is 2.44. The van der Waals surface area contributed by atoms with Gasteiger partial charge in [0.05, 0.1) is 6.33 Å². The largest absolute Gasteiger partial charge is 0.387 e. The number of aliphatic hydroxyl groups is 2. The monoisotopic (exact) mass is 343 g/mol. The molecule has 2 aromatic heterocycles. The first-order valence-electron chi connectivity index (χ1n) is 6.48. The minimum atomic E-state index is -1.30. The van der Waals surface area contributed by atoms with Gasteiger partial charge in [-0.05, 0) is 12.2 Å². The summed E-state index contributed by atoms with van der Waals surface area (Å²) in [6.07, 6.45) is -3.17. The summed E-state index contributed by atoms with van der Waals surface area (Å²) < 4.78 is 6.86. The number of hydrogen-bond donors (Lipinski definition) is 4. The van der Waals surface area contributed by atoms with Crippen LogP contribution in [0.15, 0.2) is 11.1 Å². The van der Waals surface area contributed by atoms with Gasteiger partial charge >= 0.3 is 0 Å². The minimum absolute atomic E-state index is 0.0354. The minimum Gasteiger partial charge on any atom is -0.387 e. The molecule has 0 bridgehead atoms. The van der Waals surface area contributed by atoms with E-state index in [4.69, 9.17) is 15.4 Å². The predicted octanol–water partition coefficient (Wildman–Crippen LogP) is -1.77. The fourth-order valence-electron chi connectivity index (χ4n) is 2.36. The third-order valence-electron chi connectivity index (χ3n) is 3.40. The van der Waals surface area contributed by atoms with Crippen molar-refractivity contribution in [1.29, 1.82) is 0 Å². The number of aliphatic hydroxyl groups excluding tert-OH is 2. The van der Waals surface area contributed by atoms with E-state index in [-0.39, 0.29) is 23.7 Å². The van der Waals surface area contributed by atoms with Crippen LogP contribution in [0, 0.1) is 0 Å². The molecule has 1 aliphatic heterocycles. The Balaban J connectivity index is 1.90. The number of thiocarbonyl (C=S) groups is 1. The molecule has 23 heavy (non-hydrogen) atoms. The summed E-state index contributed by atoms with van der Waals surface area (Å²) in [6.45, 7) is -0.162. The van der Waals surface area contributed by atoms with Crippen molar-refractivity contribution in [2.45, 2.75) is 24.5 Å². The number of nitrogen functional groups attached to an aromatic ring is 1. The van der Waals surface area contributed by atoms with Crippen LogP contribution >= 0.6 is 12.2 Å². The Morgan fingerprint density at radius 1 is 1.52 bits per heavy atom. The van der Waals surface area contributed by atoms with Gasteiger partial charge in [0.15, 0.2) is 22.9 Å². The number of anilines is 1. The highest BCUT2D eigenvalue weighted by molar-refractivity contribution is 7.78. The van der Waals surface area contributed by atoms with Crippen molar-refractivity contribution in [3.63, 3.8) is 0 Å². The molecule has 5 N–H and O–H groups in total. The van der Waals surface area contributed by atoms with Gasteiger partial charge in [-0.1, -0.05) is 0 Å². The molecule has 0 radical (unpaired) electrons. The molecule has 0 aliphatic carbocycles. The molecule has 0 spiro atoms. The quantitative estimate of drug-likeness (QED) is 0.212. The molecular formula is C11H13N5O6S. The van der Waals surface area contributed by atoms with Crippen LogP contribution in [0.4, 0.5) is 5.95 Å². The third-order valence-corrected chi connectivity index (χ3v) is 3.48. The molecule has 11 nitrogen and oxygen atoms in total. The number of imidazole rings is 1. The second kappa shape index (κ2) is 6.17. The first kappa shape index (κ1) is 15.8. The van der Waals surface area contributed by atoms with Crippen molar-refractivity contribution < 1.29 is 24.7 Å². The van der Waals surface area contributed by atoms with Gasteiger partial charge in [-0.15, -0.1) is 0 Å². The maximum Gasteiger partial charge on any atom is 0.280 e. The zero-order valence-corrected chi connectivity index (χ0v) is 12.3. The number of nitrogens with two attached hydrogens (primary N) is 1. The summed E-state index contributed by atoms with van der Waals surface area (Å²) in [4.78, 5) is 31.1. The molecule has 3 heterocycles. The van der Waals surface area contributed by atoms with Crippen molar-refractivity contribution in [3.8, 4) is 0 Å². The molecule has 1 fully saturated rings. The van der Waals surface area contributed by atoms with Crippen LogP contribution in [0.2, 0.25) is 0 Å². The third kappa shape index (κ3) is 2.77. The Morgan fingerprint density at radius 2 is 2.30 bits per heavy atom. The van der Waals surface area contributed by atoms with Gasteiger partial charge in [0, 0.05) is 0 Å². The van der Waals surface area contributed by atoms with E-state index in [9.17, 15) is 15.0 Å². The number of ether oxygens (including phenoxy) is 1. The Bertz CT molecular complexity index is 778. The average molecular weight is 343 g/mol. The summed E-state index contributed by atoms with van der Waals surface area (Å²) in [6, 6.07) is 0. The standard InChI is InChI=1S/C11H13N5O6S/c12-11-14-8-5(9(19)15-11)13-2-16(8)10-7(18)6(17)4(22-10)1-20-21-3-23/h2-4,6-7,10,17-18H,1H2,(H3,12,14,15,19)/t4-,6-,7-,10-/m1/s1. The number of aromatic amines is 1. The Morgan fingerprint density at radius 3 is 3.04 bits per heavy atom. The number of aromatic nitrogens is 4. The second-order valence-electron chi connectivity index (χ2n) is 4.80. The van der Waals surface area contributed by atoms with E-state index in [1.54, 1.807) is 0 Å². The Hall–Kier alpha value is -2.12. The van der Waals surface area contributed by atoms with Crippen molar-refractivity contribution in [3.05, 3.63) is 16.7 Å². The zero-order chi connectivity index (χ0) is 16.6. The number of nitrogens with zero attached hydrogens (tertiary/aromatic N) is 3. The van der Waals surface area contributed by atoms with Gasteiger partial charge in [-0.3, -0.25) is 14.3 Å². The van der Waals surface area contributed by atoms with Crippen LogP contribution < -0.4 is 11.3 Å². The fourth-order valence-corrected chi connectivity index (χ4v) is 2.42. The van der Waals surface area contributed by atoms with Crippen molar-refractivity contribution in [2.24, 2.45) is 0 Å². The number of hydrogen-bond acceptors (Lipinski definition) is 10. The molecular weight excluding hydrogens is 330 g/mol. The second-order valence-corrected chi connectivity index (χ2v) is 4.99. The molecule has 1 saturated heterocycles. The van der Waals surface area contributed by atoms with E-state index in [0.717, 1.165) is 5.55 Å². The lowest BCUT2D eigenvalue weighted by atomic mass is 10.1. The van der Waals surface area contributed by atoms with Gasteiger partial charge in [0.1, 0.15) is 24.9 Å². The predicted molar refractivity (Wildman–Crippen MR) is 79.2 cm³/mol. The first-order chi connectivity index (χ1) is 11.0. The SMILES string of the molecule is Nc1nc2c(ncn2[C@@H]2O[C@H](COOC=S)[C@@H](O)[C@H]2O)c(=O)[nH]1. The van der Waals surface area contributed by atoms with E-state index in [0.29, 0.717) is 0 Å². The van der Waals surface area contributed by atoms with Gasteiger partial charge in [-0.25, -0.2) is 4.98 Å². The van der Waals surface area contributed by atoms with E-state index in [1.807, 2.05) is 0 Å². The Labute approximate surface area is 133 Å². The van der Waals surface area contributed by atoms with Crippen LogP contribution in [0.1, 0.15) is 6.23 Å². The molecule has 0 aromatic carbocycles. The molecule has 124 valence electrons. The summed E-state index contributed by atoms with van der Waals surface area (Å²) in [5, 5.41) is 20.2. The van der Waals surface area contributed by atoms with E-state index in [1.165, 1.54) is 10.9 Å². The maximum absolute atomic E-state index is 11.8. The van der Waals surface area contributed by atoms with E-state index < -0.39 is 30.1 Å². The number of rotatable bonds is 5. The molecule has 4 atom stereocenters. The summed E-state index contributed by atoms with van der Waals surface area (Å²) in [7, 11) is 0. The normalized spacial score (nSPS) is 27.4. The van der Waals surface area contributed by atoms with Crippen molar-refractivity contribution in [1.82, 2.24) is 19.5 Å². The molecule has 12 heteroatoms. The van der Waals surface area contributed by atoms with Crippen molar-refractivity contribution >= 4 is 34.9 Å². The molecule has 0 saturated carbocycles. The summed E-state index contributed by atoms with van der Waals surface area (Å²) in [5.74, 6) is -0.105. The summed E-state index contributed by atoms with van der Waals surface area (Å²) >= 11 is 4.42. The molecule has 0 amide bonds. The highest BCUT2D eigenvalue weighted by atomic mass is 32.1. The lowest BCUT2D eigenvalue weighted by Gasteiger charge is -2.16. The van der Waals surface area contributed by atoms with Gasteiger partial charge < -0.3 is 25.6 Å². The van der Waals surface area contributed by atoms with Gasteiger partial charge in [-0.2, -0.15) is 9.87 Å². The van der Waals surface area contributed by atoms with Crippen molar-refractivity contribution in [2.75, 3.05) is 12.3 Å². The molecule has 0 unspecified atom stereocenters. The highest BCUT2D eigenvalue weighted by Crippen LogP contribution is 2.31. The maximum atomic E-state index is 11.8. The topological polar surface area (TPSA) is 158 Å². The number of fused-ring (bicyclic) bond motifs is 1. The fraction of sp³-hybridized carbons (Fsp3) is 0.455. The van der Waals surface area contributed by atoms with Crippen LogP contribution in [0.25, 0.3) is 11.2 Å². The lowest BCUT2D eigenvalue weighted by molar-refractivity contribution is -0.240. The van der Waals surface area contributed by atoms with Gasteiger partial charge in [0.2, 0.25) is 5.95 Å².